The summed E-state index contributed by atoms with van der Waals surface area (Å²) in [5.74, 6) is -0.855. The molecular formula is C12H11F2N3S. The summed E-state index contributed by atoms with van der Waals surface area (Å²) in [5.41, 5.74) is 5.36. The normalized spacial score (nSPS) is 10.6. The molecule has 0 spiro atoms. The Balaban J connectivity index is 2.62. The number of aromatic nitrogens is 2. The predicted octanol–water partition coefficient (Wildman–Crippen LogP) is 2.35. The highest BCUT2D eigenvalue weighted by Gasteiger charge is 2.16. The van der Waals surface area contributed by atoms with Gasteiger partial charge in [0.15, 0.2) is 11.6 Å². The Morgan fingerprint density at radius 3 is 2.50 bits per heavy atom. The van der Waals surface area contributed by atoms with Crippen LogP contribution < -0.4 is 5.73 Å². The van der Waals surface area contributed by atoms with Gasteiger partial charge in [-0.25, -0.2) is 13.8 Å². The van der Waals surface area contributed by atoms with Crippen molar-refractivity contribution in [2.24, 2.45) is 5.73 Å². The molecule has 6 heteroatoms. The Bertz CT molecular complexity index is 584. The van der Waals surface area contributed by atoms with E-state index in [1.807, 2.05) is 6.92 Å². The average molecular weight is 267 g/mol. The summed E-state index contributed by atoms with van der Waals surface area (Å²) in [6.07, 6.45) is 3.59. The average Bonchev–Trinajstić information content (AvgIpc) is 2.76. The summed E-state index contributed by atoms with van der Waals surface area (Å²) < 4.78 is 29.3. The highest BCUT2D eigenvalue weighted by atomic mass is 32.1. The van der Waals surface area contributed by atoms with E-state index in [0.717, 1.165) is 12.1 Å². The summed E-state index contributed by atoms with van der Waals surface area (Å²) in [4.78, 5) is 3.99. The van der Waals surface area contributed by atoms with Crippen molar-refractivity contribution in [1.82, 2.24) is 9.55 Å². The maximum absolute atomic E-state index is 13.9. The summed E-state index contributed by atoms with van der Waals surface area (Å²) in [5, 5.41) is 0. The van der Waals surface area contributed by atoms with Crippen molar-refractivity contribution < 1.29 is 8.78 Å². The number of halogens is 2. The van der Waals surface area contributed by atoms with Gasteiger partial charge in [-0.1, -0.05) is 19.1 Å². The smallest absolute Gasteiger partial charge is 0.150 e. The standard InChI is InChI=1S/C12H11F2N3S/c1-2-10-16-3-4-17(10)11-8(13)5-7(12(15)18)6-9(11)14/h3-6H,2H2,1H3,(H2,15,18). The lowest BCUT2D eigenvalue weighted by atomic mass is 10.2. The van der Waals surface area contributed by atoms with Crippen molar-refractivity contribution in [3.63, 3.8) is 0 Å². The zero-order valence-corrected chi connectivity index (χ0v) is 10.5. The van der Waals surface area contributed by atoms with Crippen molar-refractivity contribution in [1.29, 1.82) is 0 Å². The highest BCUT2D eigenvalue weighted by molar-refractivity contribution is 7.80. The van der Waals surface area contributed by atoms with Crippen LogP contribution in [0.4, 0.5) is 8.78 Å². The maximum Gasteiger partial charge on any atom is 0.150 e. The van der Waals surface area contributed by atoms with Crippen LogP contribution in [0.1, 0.15) is 18.3 Å². The fourth-order valence-electron chi connectivity index (χ4n) is 1.74. The number of imidazole rings is 1. The van der Waals surface area contributed by atoms with Gasteiger partial charge in [-0.3, -0.25) is 4.57 Å². The van der Waals surface area contributed by atoms with Crippen LogP contribution in [0.2, 0.25) is 0 Å². The first-order chi connectivity index (χ1) is 8.54. The van der Waals surface area contributed by atoms with Gasteiger partial charge in [0.2, 0.25) is 0 Å². The Morgan fingerprint density at radius 1 is 1.39 bits per heavy atom. The van der Waals surface area contributed by atoms with Gasteiger partial charge >= 0.3 is 0 Å². The molecule has 0 bridgehead atoms. The molecule has 0 amide bonds. The van der Waals surface area contributed by atoms with E-state index in [0.29, 0.717) is 12.2 Å². The van der Waals surface area contributed by atoms with E-state index in [1.54, 1.807) is 0 Å². The van der Waals surface area contributed by atoms with Gasteiger partial charge in [0.05, 0.1) is 0 Å². The van der Waals surface area contributed by atoms with Crippen molar-refractivity contribution in [2.75, 3.05) is 0 Å². The van der Waals surface area contributed by atoms with Crippen LogP contribution in [0.25, 0.3) is 5.69 Å². The van der Waals surface area contributed by atoms with Crippen molar-refractivity contribution in [2.45, 2.75) is 13.3 Å². The van der Waals surface area contributed by atoms with Crippen LogP contribution in [0, 0.1) is 11.6 Å². The number of rotatable bonds is 3. The molecule has 1 heterocycles. The van der Waals surface area contributed by atoms with E-state index in [9.17, 15) is 8.78 Å². The van der Waals surface area contributed by atoms with E-state index in [4.69, 9.17) is 18.0 Å². The quantitative estimate of drug-likeness (QED) is 0.868. The first-order valence-corrected chi connectivity index (χ1v) is 5.76. The third kappa shape index (κ3) is 2.11. The lowest BCUT2D eigenvalue weighted by molar-refractivity contribution is 0.565. The minimum atomic E-state index is -0.717. The van der Waals surface area contributed by atoms with Crippen LogP contribution in [0.3, 0.4) is 0 Å². The minimum absolute atomic E-state index is 0.0410. The van der Waals surface area contributed by atoms with Gasteiger partial charge in [-0.05, 0) is 12.1 Å². The van der Waals surface area contributed by atoms with Crippen molar-refractivity contribution in [3.05, 3.63) is 47.5 Å². The SMILES string of the molecule is CCc1nccn1-c1c(F)cc(C(N)=S)cc1F. The summed E-state index contributed by atoms with van der Waals surface area (Å²) >= 11 is 4.70. The maximum atomic E-state index is 13.9. The molecule has 0 aliphatic carbocycles. The molecule has 0 radical (unpaired) electrons. The zero-order valence-electron chi connectivity index (χ0n) is 9.65. The molecular weight excluding hydrogens is 256 g/mol. The third-order valence-corrected chi connectivity index (χ3v) is 2.81. The molecule has 0 saturated carbocycles. The minimum Gasteiger partial charge on any atom is -0.389 e. The Kier molecular flexibility index (Phi) is 3.38. The number of benzene rings is 1. The molecule has 2 aromatic rings. The van der Waals surface area contributed by atoms with Crippen LogP contribution in [0.15, 0.2) is 24.5 Å². The fourth-order valence-corrected chi connectivity index (χ4v) is 1.86. The first kappa shape index (κ1) is 12.6. The number of hydrogen-bond acceptors (Lipinski definition) is 2. The lowest BCUT2D eigenvalue weighted by Gasteiger charge is -2.10. The molecule has 0 fully saturated rings. The topological polar surface area (TPSA) is 43.8 Å². The van der Waals surface area contributed by atoms with Gasteiger partial charge in [-0.15, -0.1) is 0 Å². The molecule has 0 atom stereocenters. The van der Waals surface area contributed by atoms with Gasteiger partial charge in [0, 0.05) is 24.4 Å². The number of hydrogen-bond donors (Lipinski definition) is 1. The van der Waals surface area contributed by atoms with Gasteiger partial charge in [0.1, 0.15) is 16.5 Å². The number of nitrogens with zero attached hydrogens (tertiary/aromatic N) is 2. The second kappa shape index (κ2) is 4.81. The Labute approximate surface area is 108 Å². The molecule has 1 aromatic carbocycles. The summed E-state index contributed by atoms with van der Waals surface area (Å²) in [6.45, 7) is 1.86. The molecule has 18 heavy (non-hydrogen) atoms. The molecule has 2 rings (SSSR count). The van der Waals surface area contributed by atoms with E-state index < -0.39 is 11.6 Å². The summed E-state index contributed by atoms with van der Waals surface area (Å²) in [6, 6.07) is 2.25. The molecule has 94 valence electrons. The molecule has 0 aliphatic heterocycles. The zero-order chi connectivity index (χ0) is 13.3. The third-order valence-electron chi connectivity index (χ3n) is 2.58. The lowest BCUT2D eigenvalue weighted by Crippen LogP contribution is -2.12. The fraction of sp³-hybridized carbons (Fsp3) is 0.167. The largest absolute Gasteiger partial charge is 0.389 e. The predicted molar refractivity (Wildman–Crippen MR) is 68.7 cm³/mol. The van der Waals surface area contributed by atoms with Crippen LogP contribution in [0.5, 0.6) is 0 Å². The number of aryl methyl sites for hydroxylation is 1. The number of thiocarbonyl (C=S) groups is 1. The molecule has 3 nitrogen and oxygen atoms in total. The molecule has 1 aromatic heterocycles. The molecule has 2 N–H and O–H groups in total. The summed E-state index contributed by atoms with van der Waals surface area (Å²) in [7, 11) is 0. The van der Waals surface area contributed by atoms with Crippen LogP contribution in [-0.2, 0) is 6.42 Å². The van der Waals surface area contributed by atoms with Crippen molar-refractivity contribution >= 4 is 17.2 Å². The monoisotopic (exact) mass is 267 g/mol. The van der Waals surface area contributed by atoms with Crippen molar-refractivity contribution in [3.8, 4) is 5.69 Å². The second-order valence-electron chi connectivity index (χ2n) is 3.72. The van der Waals surface area contributed by atoms with Crippen LogP contribution in [-0.4, -0.2) is 14.5 Å². The van der Waals surface area contributed by atoms with E-state index in [2.05, 4.69) is 4.98 Å². The molecule has 0 saturated heterocycles. The number of nitrogens with two attached hydrogens (primary N) is 1. The highest BCUT2D eigenvalue weighted by Crippen LogP contribution is 2.21. The molecule has 0 unspecified atom stereocenters. The van der Waals surface area contributed by atoms with E-state index in [-0.39, 0.29) is 16.2 Å². The second-order valence-corrected chi connectivity index (χ2v) is 4.16. The van der Waals surface area contributed by atoms with E-state index >= 15 is 0 Å². The van der Waals surface area contributed by atoms with Crippen LogP contribution >= 0.6 is 12.2 Å². The molecule has 0 aliphatic rings. The van der Waals surface area contributed by atoms with Gasteiger partial charge in [-0.2, -0.15) is 0 Å². The Morgan fingerprint density at radius 2 is 2.00 bits per heavy atom. The first-order valence-electron chi connectivity index (χ1n) is 5.36. The van der Waals surface area contributed by atoms with Gasteiger partial charge in [0.25, 0.3) is 0 Å². The van der Waals surface area contributed by atoms with Gasteiger partial charge < -0.3 is 5.73 Å². The Hall–Kier alpha value is -1.82. The van der Waals surface area contributed by atoms with E-state index in [1.165, 1.54) is 17.0 Å².